The summed E-state index contributed by atoms with van der Waals surface area (Å²) >= 11 is 0. The molecule has 4 nitrogen and oxygen atoms in total. The molecule has 0 heterocycles. The molecular formula is C20H27ClN2O2. The zero-order valence-electron chi connectivity index (χ0n) is 15.1. The van der Waals surface area contributed by atoms with Gasteiger partial charge in [0, 0.05) is 12.2 Å². The molecule has 0 aromatic heterocycles. The predicted octanol–water partition coefficient (Wildman–Crippen LogP) is 4.24. The first-order valence-corrected chi connectivity index (χ1v) is 8.38. The fraction of sp³-hybridized carbons (Fsp3) is 0.350. The quantitative estimate of drug-likeness (QED) is 0.738. The Morgan fingerprint density at radius 2 is 1.76 bits per heavy atom. The third kappa shape index (κ3) is 7.16. The maximum atomic E-state index is 12.2. The Labute approximate surface area is 156 Å². The third-order valence-electron chi connectivity index (χ3n) is 3.65. The van der Waals surface area contributed by atoms with Crippen LogP contribution >= 0.6 is 12.4 Å². The van der Waals surface area contributed by atoms with Crippen LogP contribution in [-0.4, -0.2) is 19.1 Å². The highest BCUT2D eigenvalue weighted by atomic mass is 35.5. The summed E-state index contributed by atoms with van der Waals surface area (Å²) in [4.78, 5) is 12.2. The van der Waals surface area contributed by atoms with Gasteiger partial charge < -0.3 is 15.4 Å². The molecule has 5 heteroatoms. The second-order valence-electron chi connectivity index (χ2n) is 5.91. The number of ether oxygens (including phenoxy) is 1. The predicted molar refractivity (Wildman–Crippen MR) is 106 cm³/mol. The van der Waals surface area contributed by atoms with Crippen LogP contribution in [-0.2, 0) is 11.3 Å². The van der Waals surface area contributed by atoms with E-state index in [0.717, 1.165) is 41.2 Å². The van der Waals surface area contributed by atoms with Crippen LogP contribution in [0.15, 0.2) is 42.5 Å². The summed E-state index contributed by atoms with van der Waals surface area (Å²) in [6.45, 7) is 8.13. The standard InChI is InChI=1S/C20H26N2O2.ClH/c1-4-21-14-17-7-5-6-8-19(17)22-20(23)9-10-24-18-12-15(2)11-16(3)13-18;/h5-8,11-13,21H,4,9-10,14H2,1-3H3,(H,22,23);1H. The van der Waals surface area contributed by atoms with Gasteiger partial charge in [0.25, 0.3) is 0 Å². The Morgan fingerprint density at radius 1 is 1.08 bits per heavy atom. The molecule has 0 aliphatic carbocycles. The van der Waals surface area contributed by atoms with E-state index in [1.54, 1.807) is 0 Å². The molecule has 1 amide bonds. The first-order valence-electron chi connectivity index (χ1n) is 8.38. The minimum absolute atomic E-state index is 0. The van der Waals surface area contributed by atoms with E-state index in [9.17, 15) is 4.79 Å². The average Bonchev–Trinajstić information content (AvgIpc) is 2.53. The van der Waals surface area contributed by atoms with Crippen LogP contribution in [0.2, 0.25) is 0 Å². The SMILES string of the molecule is CCNCc1ccccc1NC(=O)CCOc1cc(C)cc(C)c1.Cl. The van der Waals surface area contributed by atoms with Crippen LogP contribution in [0.3, 0.4) is 0 Å². The number of aryl methyl sites for hydroxylation is 2. The summed E-state index contributed by atoms with van der Waals surface area (Å²) in [7, 11) is 0. The molecule has 2 N–H and O–H groups in total. The summed E-state index contributed by atoms with van der Waals surface area (Å²) in [5.41, 5.74) is 4.26. The van der Waals surface area contributed by atoms with Gasteiger partial charge in [-0.15, -0.1) is 12.4 Å². The molecule has 2 aromatic rings. The Balaban J connectivity index is 0.00000312. The summed E-state index contributed by atoms with van der Waals surface area (Å²) in [5.74, 6) is 0.774. The number of anilines is 1. The Hall–Kier alpha value is -2.04. The number of nitrogens with one attached hydrogen (secondary N) is 2. The smallest absolute Gasteiger partial charge is 0.227 e. The molecule has 136 valence electrons. The largest absolute Gasteiger partial charge is 0.493 e. The summed E-state index contributed by atoms with van der Waals surface area (Å²) in [5, 5.41) is 6.25. The lowest BCUT2D eigenvalue weighted by molar-refractivity contribution is -0.116. The normalized spacial score (nSPS) is 10.0. The molecule has 0 atom stereocenters. The zero-order valence-corrected chi connectivity index (χ0v) is 15.9. The molecule has 2 rings (SSSR count). The van der Waals surface area contributed by atoms with Gasteiger partial charge in [0.2, 0.25) is 5.91 Å². The molecular weight excluding hydrogens is 336 g/mol. The van der Waals surface area contributed by atoms with E-state index in [1.807, 2.05) is 50.2 Å². The lowest BCUT2D eigenvalue weighted by Gasteiger charge is -2.12. The first-order chi connectivity index (χ1) is 11.6. The minimum atomic E-state index is -0.0386. The van der Waals surface area contributed by atoms with Crippen LogP contribution in [0, 0.1) is 13.8 Å². The van der Waals surface area contributed by atoms with E-state index in [0.29, 0.717) is 13.0 Å². The van der Waals surface area contributed by atoms with Gasteiger partial charge in [-0.1, -0.05) is 31.2 Å². The number of rotatable bonds is 8. The third-order valence-corrected chi connectivity index (χ3v) is 3.65. The van der Waals surface area contributed by atoms with Crippen molar-refractivity contribution in [3.63, 3.8) is 0 Å². The van der Waals surface area contributed by atoms with E-state index >= 15 is 0 Å². The van der Waals surface area contributed by atoms with Gasteiger partial charge in [-0.3, -0.25) is 4.79 Å². The van der Waals surface area contributed by atoms with Gasteiger partial charge in [0.05, 0.1) is 13.0 Å². The van der Waals surface area contributed by atoms with Gasteiger partial charge in [0.15, 0.2) is 0 Å². The van der Waals surface area contributed by atoms with Crippen molar-refractivity contribution in [1.29, 1.82) is 0 Å². The molecule has 0 radical (unpaired) electrons. The van der Waals surface area contributed by atoms with Crippen molar-refractivity contribution in [3.05, 3.63) is 59.2 Å². The molecule has 0 fully saturated rings. The maximum absolute atomic E-state index is 12.2. The van der Waals surface area contributed by atoms with E-state index < -0.39 is 0 Å². The number of halogens is 1. The monoisotopic (exact) mass is 362 g/mol. The Bertz CT molecular complexity index is 669. The molecule has 0 unspecified atom stereocenters. The van der Waals surface area contributed by atoms with Crippen LogP contribution in [0.25, 0.3) is 0 Å². The van der Waals surface area contributed by atoms with Crippen LogP contribution in [0.1, 0.15) is 30.0 Å². The molecule has 0 saturated heterocycles. The number of carbonyl (C=O) groups is 1. The van der Waals surface area contributed by atoms with Crippen molar-refractivity contribution < 1.29 is 9.53 Å². The van der Waals surface area contributed by atoms with Gasteiger partial charge >= 0.3 is 0 Å². The van der Waals surface area contributed by atoms with Crippen molar-refractivity contribution >= 4 is 24.0 Å². The molecule has 0 saturated carbocycles. The van der Waals surface area contributed by atoms with Crippen molar-refractivity contribution in [2.24, 2.45) is 0 Å². The molecule has 0 aliphatic rings. The molecule has 0 bridgehead atoms. The van der Waals surface area contributed by atoms with E-state index in [4.69, 9.17) is 4.74 Å². The highest BCUT2D eigenvalue weighted by Crippen LogP contribution is 2.17. The van der Waals surface area contributed by atoms with Gasteiger partial charge in [-0.25, -0.2) is 0 Å². The molecule has 0 spiro atoms. The van der Waals surface area contributed by atoms with Crippen molar-refractivity contribution in [3.8, 4) is 5.75 Å². The lowest BCUT2D eigenvalue weighted by atomic mass is 10.1. The molecule has 0 aliphatic heterocycles. The van der Waals surface area contributed by atoms with Crippen molar-refractivity contribution in [2.75, 3.05) is 18.5 Å². The number of hydrogen-bond acceptors (Lipinski definition) is 3. The highest BCUT2D eigenvalue weighted by molar-refractivity contribution is 5.91. The summed E-state index contributed by atoms with van der Waals surface area (Å²) in [6, 6.07) is 13.9. The van der Waals surface area contributed by atoms with Crippen LogP contribution in [0.5, 0.6) is 5.75 Å². The fourth-order valence-corrected chi connectivity index (χ4v) is 2.55. The number of carbonyl (C=O) groups excluding carboxylic acids is 1. The van der Waals surface area contributed by atoms with Gasteiger partial charge in [-0.05, 0) is 55.3 Å². The first kappa shape index (κ1) is 21.0. The number of benzene rings is 2. The topological polar surface area (TPSA) is 50.4 Å². The minimum Gasteiger partial charge on any atom is -0.493 e. The van der Waals surface area contributed by atoms with Crippen molar-refractivity contribution in [1.82, 2.24) is 5.32 Å². The number of amides is 1. The fourth-order valence-electron chi connectivity index (χ4n) is 2.55. The summed E-state index contributed by atoms with van der Waals surface area (Å²) < 4.78 is 5.70. The Kier molecular flexibility index (Phi) is 9.03. The number of hydrogen-bond donors (Lipinski definition) is 2. The van der Waals surface area contributed by atoms with E-state index in [1.165, 1.54) is 0 Å². The van der Waals surface area contributed by atoms with Crippen molar-refractivity contribution in [2.45, 2.75) is 33.7 Å². The summed E-state index contributed by atoms with van der Waals surface area (Å²) in [6.07, 6.45) is 0.322. The average molecular weight is 363 g/mol. The highest BCUT2D eigenvalue weighted by Gasteiger charge is 2.07. The number of para-hydroxylation sites is 1. The van der Waals surface area contributed by atoms with E-state index in [2.05, 4.69) is 23.6 Å². The maximum Gasteiger partial charge on any atom is 0.227 e. The molecule has 25 heavy (non-hydrogen) atoms. The zero-order chi connectivity index (χ0) is 17.4. The Morgan fingerprint density at radius 3 is 2.44 bits per heavy atom. The lowest BCUT2D eigenvalue weighted by Crippen LogP contribution is -2.18. The molecule has 2 aromatic carbocycles. The van der Waals surface area contributed by atoms with Crippen LogP contribution in [0.4, 0.5) is 5.69 Å². The second-order valence-corrected chi connectivity index (χ2v) is 5.91. The van der Waals surface area contributed by atoms with Gasteiger partial charge in [-0.2, -0.15) is 0 Å². The second kappa shape index (κ2) is 10.7. The van der Waals surface area contributed by atoms with Crippen LogP contribution < -0.4 is 15.4 Å². The van der Waals surface area contributed by atoms with E-state index in [-0.39, 0.29) is 18.3 Å². The van der Waals surface area contributed by atoms with Gasteiger partial charge in [0.1, 0.15) is 5.75 Å².